The summed E-state index contributed by atoms with van der Waals surface area (Å²) in [5.41, 5.74) is 2.43. The Kier molecular flexibility index (Phi) is 2.33. The highest BCUT2D eigenvalue weighted by Gasteiger charge is 2.47. The van der Waals surface area contributed by atoms with Crippen molar-refractivity contribution >= 4 is 44.3 Å². The Labute approximate surface area is 143 Å². The van der Waals surface area contributed by atoms with Gasteiger partial charge in [0.15, 0.2) is 0 Å². The third kappa shape index (κ3) is 1.56. The number of carbonyl (C=O) groups excluding carboxylic acids is 2. The number of hydrogen-bond acceptors (Lipinski definition) is 3. The van der Waals surface area contributed by atoms with E-state index >= 15 is 0 Å². The summed E-state index contributed by atoms with van der Waals surface area (Å²) in [5.74, 6) is -1.37. The lowest BCUT2D eigenvalue weighted by Crippen LogP contribution is -2.28. The first kappa shape index (κ1) is 13.4. The molecule has 4 aromatic carbocycles. The SMILES string of the molecule is O=C1OC(=O)C2Cc3c(c4cccc5ccc6cccc3c6c54)CC12. The van der Waals surface area contributed by atoms with Crippen molar-refractivity contribution in [2.24, 2.45) is 11.8 Å². The topological polar surface area (TPSA) is 43.4 Å². The highest BCUT2D eigenvalue weighted by molar-refractivity contribution is 6.25. The van der Waals surface area contributed by atoms with Gasteiger partial charge in [-0.1, -0.05) is 48.5 Å². The van der Waals surface area contributed by atoms with E-state index in [1.165, 1.54) is 43.4 Å². The maximum atomic E-state index is 12.1. The molecule has 1 heterocycles. The van der Waals surface area contributed by atoms with Crippen LogP contribution in [0.5, 0.6) is 0 Å². The van der Waals surface area contributed by atoms with Crippen LogP contribution >= 0.6 is 0 Å². The summed E-state index contributed by atoms with van der Waals surface area (Å²) in [7, 11) is 0. The zero-order valence-corrected chi connectivity index (χ0v) is 13.4. The van der Waals surface area contributed by atoms with Crippen molar-refractivity contribution in [3.63, 3.8) is 0 Å². The van der Waals surface area contributed by atoms with Gasteiger partial charge in [0.05, 0.1) is 11.8 Å². The van der Waals surface area contributed by atoms with E-state index in [2.05, 4.69) is 48.5 Å². The minimum atomic E-state index is -0.356. The number of carbonyl (C=O) groups is 2. The second kappa shape index (κ2) is 4.37. The molecule has 0 bridgehead atoms. The zero-order valence-electron chi connectivity index (χ0n) is 13.4. The van der Waals surface area contributed by atoms with E-state index in [-0.39, 0.29) is 23.8 Å². The molecule has 0 radical (unpaired) electrons. The zero-order chi connectivity index (χ0) is 16.7. The molecule has 2 atom stereocenters. The maximum absolute atomic E-state index is 12.1. The molecule has 120 valence electrons. The van der Waals surface area contributed by atoms with Crippen LogP contribution in [-0.4, -0.2) is 11.9 Å². The first-order valence-electron chi connectivity index (χ1n) is 8.65. The fourth-order valence-electron chi connectivity index (χ4n) is 4.92. The number of rotatable bonds is 0. The van der Waals surface area contributed by atoms with Crippen LogP contribution in [0.2, 0.25) is 0 Å². The van der Waals surface area contributed by atoms with Crippen molar-refractivity contribution in [2.75, 3.05) is 0 Å². The van der Waals surface area contributed by atoms with Crippen LogP contribution in [0, 0.1) is 11.8 Å². The molecule has 0 saturated carbocycles. The van der Waals surface area contributed by atoms with E-state index in [1.807, 2.05) is 0 Å². The monoisotopic (exact) mass is 326 g/mol. The third-order valence-corrected chi connectivity index (χ3v) is 6.04. The lowest BCUT2D eigenvalue weighted by Gasteiger charge is -2.27. The van der Waals surface area contributed by atoms with Gasteiger partial charge in [0.1, 0.15) is 0 Å². The smallest absolute Gasteiger partial charge is 0.317 e. The average molecular weight is 326 g/mol. The maximum Gasteiger partial charge on any atom is 0.317 e. The van der Waals surface area contributed by atoms with Gasteiger partial charge < -0.3 is 4.74 Å². The molecule has 1 aliphatic heterocycles. The van der Waals surface area contributed by atoms with Gasteiger partial charge in [0, 0.05) is 0 Å². The Bertz CT molecular complexity index is 1130. The molecule has 0 aromatic heterocycles. The molecule has 1 fully saturated rings. The van der Waals surface area contributed by atoms with Crippen LogP contribution in [0.3, 0.4) is 0 Å². The van der Waals surface area contributed by atoms with Crippen molar-refractivity contribution in [3.8, 4) is 0 Å². The summed E-state index contributed by atoms with van der Waals surface area (Å²) >= 11 is 0. The van der Waals surface area contributed by atoms with E-state index in [9.17, 15) is 9.59 Å². The molecule has 0 amide bonds. The van der Waals surface area contributed by atoms with Crippen LogP contribution in [0.15, 0.2) is 48.5 Å². The van der Waals surface area contributed by atoms with Crippen LogP contribution < -0.4 is 0 Å². The molecule has 1 aliphatic carbocycles. The van der Waals surface area contributed by atoms with E-state index in [1.54, 1.807) is 0 Å². The standard InChI is InChI=1S/C22H14O3/c23-21-17-9-15-13-5-1-3-11-7-8-12-4-2-6-14(20(12)19(11)13)16(15)10-18(17)22(24)25-21/h1-8,17-18H,9-10H2. The molecule has 6 rings (SSSR count). The molecule has 4 aromatic rings. The fraction of sp³-hybridized carbons (Fsp3) is 0.182. The molecule has 25 heavy (non-hydrogen) atoms. The quantitative estimate of drug-likeness (QED) is 0.279. The number of fused-ring (bicyclic) bond motifs is 4. The Morgan fingerprint density at radius 1 is 0.680 bits per heavy atom. The number of ether oxygens (including phenoxy) is 1. The van der Waals surface area contributed by atoms with Crippen LogP contribution in [0.4, 0.5) is 0 Å². The second-order valence-corrected chi connectivity index (χ2v) is 7.19. The van der Waals surface area contributed by atoms with Crippen LogP contribution in [0.1, 0.15) is 11.1 Å². The van der Waals surface area contributed by atoms with Gasteiger partial charge in [-0.2, -0.15) is 0 Å². The summed E-state index contributed by atoms with van der Waals surface area (Å²) in [6.45, 7) is 0. The molecule has 0 N–H and O–H groups in total. The minimum absolute atomic E-state index is 0.328. The lowest BCUT2D eigenvalue weighted by atomic mass is 9.73. The molecule has 2 aliphatic rings. The van der Waals surface area contributed by atoms with Crippen molar-refractivity contribution in [1.82, 2.24) is 0 Å². The minimum Gasteiger partial charge on any atom is -0.393 e. The summed E-state index contributed by atoms with van der Waals surface area (Å²) in [4.78, 5) is 24.2. The summed E-state index contributed by atoms with van der Waals surface area (Å²) < 4.78 is 4.93. The van der Waals surface area contributed by atoms with E-state index in [4.69, 9.17) is 4.74 Å². The predicted molar refractivity (Wildman–Crippen MR) is 95.6 cm³/mol. The first-order valence-corrected chi connectivity index (χ1v) is 8.65. The molecule has 1 saturated heterocycles. The summed E-state index contributed by atoms with van der Waals surface area (Å²) in [6.07, 6.45) is 1.18. The predicted octanol–water partition coefficient (Wildman–Crippen LogP) is 4.00. The van der Waals surface area contributed by atoms with Gasteiger partial charge in [-0.25, -0.2) is 0 Å². The molecule has 3 nitrogen and oxygen atoms in total. The average Bonchev–Trinajstić information content (AvgIpc) is 2.92. The summed E-state index contributed by atoms with van der Waals surface area (Å²) in [6, 6.07) is 17.0. The Hall–Kier alpha value is -2.94. The number of benzene rings is 4. The van der Waals surface area contributed by atoms with Crippen molar-refractivity contribution in [2.45, 2.75) is 12.8 Å². The number of esters is 2. The molecular weight excluding hydrogens is 312 g/mol. The summed E-state index contributed by atoms with van der Waals surface area (Å²) in [5, 5.41) is 7.40. The Morgan fingerprint density at radius 2 is 1.16 bits per heavy atom. The van der Waals surface area contributed by atoms with Crippen molar-refractivity contribution in [1.29, 1.82) is 0 Å². The van der Waals surface area contributed by atoms with Crippen molar-refractivity contribution < 1.29 is 14.3 Å². The largest absolute Gasteiger partial charge is 0.393 e. The number of cyclic esters (lactones) is 2. The lowest BCUT2D eigenvalue weighted by molar-refractivity contribution is -0.153. The normalized spacial score (nSPS) is 22.6. The van der Waals surface area contributed by atoms with E-state index in [0.29, 0.717) is 12.8 Å². The van der Waals surface area contributed by atoms with E-state index < -0.39 is 0 Å². The highest BCUT2D eigenvalue weighted by atomic mass is 16.6. The Morgan fingerprint density at radius 3 is 1.64 bits per heavy atom. The van der Waals surface area contributed by atoms with Gasteiger partial charge in [-0.15, -0.1) is 0 Å². The van der Waals surface area contributed by atoms with Crippen LogP contribution in [0.25, 0.3) is 32.3 Å². The van der Waals surface area contributed by atoms with Gasteiger partial charge in [0.2, 0.25) is 0 Å². The first-order chi connectivity index (χ1) is 12.2. The van der Waals surface area contributed by atoms with Gasteiger partial charge in [-0.3, -0.25) is 9.59 Å². The number of hydrogen-bond donors (Lipinski definition) is 0. The van der Waals surface area contributed by atoms with Crippen LogP contribution in [-0.2, 0) is 27.2 Å². The molecule has 3 heteroatoms. The van der Waals surface area contributed by atoms with Crippen molar-refractivity contribution in [3.05, 3.63) is 59.7 Å². The molecule has 0 spiro atoms. The molecule has 2 unspecified atom stereocenters. The van der Waals surface area contributed by atoms with Gasteiger partial charge in [-0.05, 0) is 56.3 Å². The van der Waals surface area contributed by atoms with Gasteiger partial charge >= 0.3 is 11.9 Å². The van der Waals surface area contributed by atoms with E-state index in [0.717, 1.165) is 0 Å². The van der Waals surface area contributed by atoms with Gasteiger partial charge in [0.25, 0.3) is 0 Å². The highest BCUT2D eigenvalue weighted by Crippen LogP contribution is 2.45. The Balaban J connectivity index is 1.80. The molecular formula is C22H14O3. The third-order valence-electron chi connectivity index (χ3n) is 6.04. The fourth-order valence-corrected chi connectivity index (χ4v) is 4.92. The second-order valence-electron chi connectivity index (χ2n) is 7.19.